The highest BCUT2D eigenvalue weighted by molar-refractivity contribution is 9.10. The molecule has 0 unspecified atom stereocenters. The average molecular weight is 489 g/mol. The van der Waals surface area contributed by atoms with E-state index in [2.05, 4.69) is 20.9 Å². The van der Waals surface area contributed by atoms with Gasteiger partial charge in [-0.1, -0.05) is 18.2 Å². The molecule has 1 N–H and O–H groups in total. The number of amidine groups is 1. The Balaban J connectivity index is 1.71. The number of carboxylic acids is 1. The SMILES string of the molecule is CCN=C1S/C(=C/c2ccc(OCc3ccc(C(=O)O)cc3)c(Br)c2)C(=O)N1CC. The van der Waals surface area contributed by atoms with Gasteiger partial charge in [-0.2, -0.15) is 0 Å². The highest BCUT2D eigenvalue weighted by Gasteiger charge is 2.31. The summed E-state index contributed by atoms with van der Waals surface area (Å²) < 4.78 is 6.61. The van der Waals surface area contributed by atoms with Crippen LogP contribution >= 0.6 is 27.7 Å². The summed E-state index contributed by atoms with van der Waals surface area (Å²) in [7, 11) is 0. The lowest BCUT2D eigenvalue weighted by Crippen LogP contribution is -2.28. The van der Waals surface area contributed by atoms with E-state index in [-0.39, 0.29) is 11.5 Å². The van der Waals surface area contributed by atoms with E-state index < -0.39 is 5.97 Å². The van der Waals surface area contributed by atoms with Gasteiger partial charge in [-0.15, -0.1) is 0 Å². The molecule has 0 atom stereocenters. The molecule has 0 aromatic heterocycles. The fourth-order valence-electron chi connectivity index (χ4n) is 2.82. The molecule has 0 aliphatic carbocycles. The molecule has 0 spiro atoms. The molecule has 1 saturated heterocycles. The van der Waals surface area contributed by atoms with Gasteiger partial charge in [-0.3, -0.25) is 14.7 Å². The van der Waals surface area contributed by atoms with Crippen LogP contribution in [0.5, 0.6) is 5.75 Å². The molecular weight excluding hydrogens is 468 g/mol. The third-order valence-corrected chi connectivity index (χ3v) is 6.01. The van der Waals surface area contributed by atoms with Crippen LogP contribution in [0.2, 0.25) is 0 Å². The van der Waals surface area contributed by atoms with Crippen molar-refractivity contribution in [2.24, 2.45) is 4.99 Å². The maximum atomic E-state index is 12.6. The molecule has 8 heteroatoms. The summed E-state index contributed by atoms with van der Waals surface area (Å²) in [6.45, 7) is 5.42. The molecular formula is C22H21BrN2O4S. The Labute approximate surface area is 187 Å². The Morgan fingerprint density at radius 1 is 1.23 bits per heavy atom. The average Bonchev–Trinajstić information content (AvgIpc) is 3.02. The van der Waals surface area contributed by atoms with E-state index in [4.69, 9.17) is 9.84 Å². The fourth-order valence-corrected chi connectivity index (χ4v) is 4.44. The van der Waals surface area contributed by atoms with Crippen molar-refractivity contribution in [1.29, 1.82) is 0 Å². The third kappa shape index (κ3) is 5.12. The number of carbonyl (C=O) groups excluding carboxylic acids is 1. The Kier molecular flexibility index (Phi) is 7.33. The van der Waals surface area contributed by atoms with Gasteiger partial charge in [0.25, 0.3) is 5.91 Å². The maximum Gasteiger partial charge on any atom is 0.335 e. The molecule has 2 aromatic carbocycles. The summed E-state index contributed by atoms with van der Waals surface area (Å²) in [4.78, 5) is 30.2. The predicted molar refractivity (Wildman–Crippen MR) is 123 cm³/mol. The topological polar surface area (TPSA) is 79.2 Å². The van der Waals surface area contributed by atoms with Crippen LogP contribution in [0.1, 0.15) is 35.3 Å². The number of aliphatic imine (C=N–C) groups is 1. The number of halogens is 1. The van der Waals surface area contributed by atoms with E-state index in [0.29, 0.717) is 30.4 Å². The van der Waals surface area contributed by atoms with Crippen molar-refractivity contribution >= 4 is 50.8 Å². The first-order valence-corrected chi connectivity index (χ1v) is 11.0. The van der Waals surface area contributed by atoms with Gasteiger partial charge >= 0.3 is 5.97 Å². The van der Waals surface area contributed by atoms with Crippen LogP contribution in [0.3, 0.4) is 0 Å². The first-order chi connectivity index (χ1) is 14.4. The van der Waals surface area contributed by atoms with Crippen LogP contribution in [0.25, 0.3) is 6.08 Å². The number of likely N-dealkylation sites (N-methyl/N-ethyl adjacent to an activating group) is 1. The molecule has 1 aliphatic rings. The highest BCUT2D eigenvalue weighted by atomic mass is 79.9. The largest absolute Gasteiger partial charge is 0.488 e. The number of carbonyl (C=O) groups is 2. The van der Waals surface area contributed by atoms with Crippen molar-refractivity contribution in [3.8, 4) is 5.75 Å². The second-order valence-corrected chi connectivity index (χ2v) is 8.26. The molecule has 0 bridgehead atoms. The molecule has 1 heterocycles. The maximum absolute atomic E-state index is 12.6. The van der Waals surface area contributed by atoms with Crippen molar-refractivity contribution in [1.82, 2.24) is 4.90 Å². The van der Waals surface area contributed by atoms with Gasteiger partial charge in [0.1, 0.15) is 12.4 Å². The van der Waals surface area contributed by atoms with Gasteiger partial charge in [-0.25, -0.2) is 4.79 Å². The van der Waals surface area contributed by atoms with E-state index in [1.807, 2.05) is 38.1 Å². The lowest BCUT2D eigenvalue weighted by molar-refractivity contribution is -0.122. The number of nitrogens with zero attached hydrogens (tertiary/aromatic N) is 2. The van der Waals surface area contributed by atoms with Crippen molar-refractivity contribution in [3.63, 3.8) is 0 Å². The number of aromatic carboxylic acids is 1. The summed E-state index contributed by atoms with van der Waals surface area (Å²) in [5.41, 5.74) is 1.99. The van der Waals surface area contributed by atoms with Crippen LogP contribution in [-0.2, 0) is 11.4 Å². The quantitative estimate of drug-likeness (QED) is 0.552. The van der Waals surface area contributed by atoms with E-state index >= 15 is 0 Å². The Morgan fingerprint density at radius 3 is 2.57 bits per heavy atom. The zero-order chi connectivity index (χ0) is 21.7. The van der Waals surface area contributed by atoms with Crippen LogP contribution in [0, 0.1) is 0 Å². The number of carboxylic acid groups (broad SMARTS) is 1. The minimum atomic E-state index is -0.955. The van der Waals surface area contributed by atoms with Crippen molar-refractivity contribution in [2.75, 3.05) is 13.1 Å². The van der Waals surface area contributed by atoms with E-state index in [1.54, 1.807) is 29.2 Å². The second kappa shape index (κ2) is 9.95. The molecule has 1 fully saturated rings. The van der Waals surface area contributed by atoms with Gasteiger partial charge < -0.3 is 9.84 Å². The number of benzene rings is 2. The first-order valence-electron chi connectivity index (χ1n) is 9.43. The molecule has 30 heavy (non-hydrogen) atoms. The zero-order valence-electron chi connectivity index (χ0n) is 16.6. The number of amides is 1. The van der Waals surface area contributed by atoms with Gasteiger partial charge in [0.05, 0.1) is 14.9 Å². The van der Waals surface area contributed by atoms with E-state index in [0.717, 1.165) is 20.8 Å². The van der Waals surface area contributed by atoms with Crippen LogP contribution in [0.4, 0.5) is 0 Å². The van der Waals surface area contributed by atoms with Crippen molar-refractivity contribution < 1.29 is 19.4 Å². The number of thioether (sulfide) groups is 1. The summed E-state index contributed by atoms with van der Waals surface area (Å²) in [6.07, 6.45) is 1.85. The monoisotopic (exact) mass is 488 g/mol. The number of rotatable bonds is 7. The van der Waals surface area contributed by atoms with Crippen LogP contribution in [0.15, 0.2) is 56.8 Å². The molecule has 1 amide bonds. The minimum Gasteiger partial charge on any atom is -0.488 e. The zero-order valence-corrected chi connectivity index (χ0v) is 19.0. The van der Waals surface area contributed by atoms with Gasteiger partial charge in [-0.05, 0) is 83.0 Å². The Morgan fingerprint density at radius 2 is 1.97 bits per heavy atom. The standard InChI is InChI=1S/C22H21BrN2O4S/c1-3-24-22-25(4-2)20(26)19(30-22)12-15-7-10-18(17(23)11-15)29-13-14-5-8-16(9-6-14)21(27)28/h5-12H,3-4,13H2,1-2H3,(H,27,28)/b19-12+,24-22?. The summed E-state index contributed by atoms with van der Waals surface area (Å²) in [5.74, 6) is -0.326. The van der Waals surface area contributed by atoms with Crippen LogP contribution < -0.4 is 4.74 Å². The highest BCUT2D eigenvalue weighted by Crippen LogP contribution is 2.34. The Bertz CT molecular complexity index is 1020. The van der Waals surface area contributed by atoms with Crippen molar-refractivity contribution in [3.05, 3.63) is 68.5 Å². The normalized spacial score (nSPS) is 16.5. The summed E-state index contributed by atoms with van der Waals surface area (Å²) in [5, 5.41) is 9.70. The van der Waals surface area contributed by atoms with E-state index in [9.17, 15) is 9.59 Å². The molecule has 2 aromatic rings. The first kappa shape index (κ1) is 22.1. The summed E-state index contributed by atoms with van der Waals surface area (Å²) >= 11 is 4.91. The lowest BCUT2D eigenvalue weighted by Gasteiger charge is -2.11. The number of ether oxygens (including phenoxy) is 1. The lowest BCUT2D eigenvalue weighted by atomic mass is 10.1. The van der Waals surface area contributed by atoms with Gasteiger partial charge in [0.2, 0.25) is 0 Å². The van der Waals surface area contributed by atoms with Crippen LogP contribution in [-0.4, -0.2) is 40.1 Å². The van der Waals surface area contributed by atoms with Crippen molar-refractivity contribution in [2.45, 2.75) is 20.5 Å². The predicted octanol–water partition coefficient (Wildman–Crippen LogP) is 5.04. The Hall–Kier alpha value is -2.58. The number of hydrogen-bond donors (Lipinski definition) is 1. The molecule has 1 aliphatic heterocycles. The molecule has 6 nitrogen and oxygen atoms in total. The second-order valence-electron chi connectivity index (χ2n) is 6.40. The smallest absolute Gasteiger partial charge is 0.335 e. The fraction of sp³-hybridized carbons (Fsp3) is 0.227. The summed E-state index contributed by atoms with van der Waals surface area (Å²) in [6, 6.07) is 12.2. The molecule has 0 radical (unpaired) electrons. The third-order valence-electron chi connectivity index (χ3n) is 4.35. The molecule has 0 saturated carbocycles. The van der Waals surface area contributed by atoms with Gasteiger partial charge in [0, 0.05) is 13.1 Å². The van der Waals surface area contributed by atoms with E-state index in [1.165, 1.54) is 11.8 Å². The molecule has 3 rings (SSSR count). The molecule has 156 valence electrons. The minimum absolute atomic E-state index is 0.0315. The van der Waals surface area contributed by atoms with Gasteiger partial charge in [0.15, 0.2) is 5.17 Å². The number of hydrogen-bond acceptors (Lipinski definition) is 5.